The summed E-state index contributed by atoms with van der Waals surface area (Å²) in [6.07, 6.45) is 1.04. The Morgan fingerprint density at radius 1 is 1.00 bits per heavy atom. The lowest BCUT2D eigenvalue weighted by Crippen LogP contribution is -2.46. The number of hydrogen-bond acceptors (Lipinski definition) is 4. The van der Waals surface area contributed by atoms with Crippen LogP contribution in [0.5, 0.6) is 0 Å². The van der Waals surface area contributed by atoms with Gasteiger partial charge >= 0.3 is 0 Å². The van der Waals surface area contributed by atoms with Crippen LogP contribution >= 0.6 is 23.2 Å². The molecule has 2 amide bonds. The number of rotatable bonds is 5. The predicted molar refractivity (Wildman–Crippen MR) is 106 cm³/mol. The third-order valence-electron chi connectivity index (χ3n) is 4.80. The summed E-state index contributed by atoms with van der Waals surface area (Å²) in [5, 5.41) is 0.241. The van der Waals surface area contributed by atoms with Crippen molar-refractivity contribution >= 4 is 50.7 Å². The van der Waals surface area contributed by atoms with Gasteiger partial charge in [0.2, 0.25) is 15.9 Å². The van der Waals surface area contributed by atoms with Crippen molar-refractivity contribution in [3.63, 3.8) is 0 Å². The molecule has 2 aliphatic rings. The maximum Gasteiger partial charge on any atom is 0.252 e. The van der Waals surface area contributed by atoms with Gasteiger partial charge in [-0.2, -0.15) is 4.31 Å². The first-order valence-corrected chi connectivity index (χ1v) is 10.9. The van der Waals surface area contributed by atoms with E-state index in [0.29, 0.717) is 18.5 Å². The van der Waals surface area contributed by atoms with Crippen molar-refractivity contribution < 1.29 is 18.0 Å². The molecule has 0 aromatic heterocycles. The number of benzene rings is 2. The minimum absolute atomic E-state index is 0.0201. The van der Waals surface area contributed by atoms with Crippen LogP contribution in [0.2, 0.25) is 10.0 Å². The van der Waals surface area contributed by atoms with E-state index >= 15 is 0 Å². The molecule has 2 fully saturated rings. The fraction of sp³-hybridized carbons (Fsp3) is 0.263. The third-order valence-corrected chi connectivity index (χ3v) is 7.48. The Bertz CT molecular complexity index is 1050. The highest BCUT2D eigenvalue weighted by Gasteiger charge is 2.52. The molecule has 1 heterocycles. The minimum atomic E-state index is -4.12. The number of para-hydroxylation sites is 1. The van der Waals surface area contributed by atoms with Gasteiger partial charge in [-0.15, -0.1) is 0 Å². The second-order valence-corrected chi connectivity index (χ2v) is 9.42. The Labute approximate surface area is 172 Å². The molecular formula is C19H16Cl2N2O4S. The van der Waals surface area contributed by atoms with Crippen LogP contribution < -0.4 is 4.90 Å². The number of hydrogen-bond donors (Lipinski definition) is 0. The summed E-state index contributed by atoms with van der Waals surface area (Å²) in [6.45, 7) is 0. The minimum Gasteiger partial charge on any atom is -0.274 e. The highest BCUT2D eigenvalue weighted by molar-refractivity contribution is 7.89. The number of halogens is 2. The number of carbonyl (C=O) groups is 2. The summed E-state index contributed by atoms with van der Waals surface area (Å²) in [6, 6.07) is 11.2. The molecule has 0 spiro atoms. The Balaban J connectivity index is 1.74. The molecule has 1 atom stereocenters. The molecule has 4 rings (SSSR count). The summed E-state index contributed by atoms with van der Waals surface area (Å²) in [5.41, 5.74) is 0.425. The van der Waals surface area contributed by atoms with E-state index in [4.69, 9.17) is 23.2 Å². The first-order valence-electron chi connectivity index (χ1n) is 8.71. The summed E-state index contributed by atoms with van der Waals surface area (Å²) in [4.78, 5) is 26.5. The van der Waals surface area contributed by atoms with E-state index in [-0.39, 0.29) is 27.4 Å². The van der Waals surface area contributed by atoms with Crippen LogP contribution in [0.3, 0.4) is 0 Å². The maximum atomic E-state index is 13.4. The molecule has 1 saturated carbocycles. The Morgan fingerprint density at radius 2 is 1.68 bits per heavy atom. The highest BCUT2D eigenvalue weighted by Crippen LogP contribution is 2.39. The van der Waals surface area contributed by atoms with E-state index in [1.54, 1.807) is 30.3 Å². The zero-order chi connectivity index (χ0) is 20.1. The van der Waals surface area contributed by atoms with Gasteiger partial charge < -0.3 is 0 Å². The Morgan fingerprint density at radius 3 is 2.32 bits per heavy atom. The molecule has 2 aromatic rings. The first-order chi connectivity index (χ1) is 13.3. The largest absolute Gasteiger partial charge is 0.274 e. The van der Waals surface area contributed by atoms with E-state index in [1.807, 2.05) is 0 Å². The van der Waals surface area contributed by atoms with Crippen molar-refractivity contribution in [2.75, 3.05) is 4.90 Å². The van der Waals surface area contributed by atoms with E-state index in [0.717, 1.165) is 9.21 Å². The van der Waals surface area contributed by atoms with Crippen molar-refractivity contribution in [3.05, 3.63) is 58.6 Å². The zero-order valence-electron chi connectivity index (χ0n) is 14.6. The molecular weight excluding hydrogens is 423 g/mol. The Kier molecular flexibility index (Phi) is 4.95. The van der Waals surface area contributed by atoms with E-state index in [9.17, 15) is 18.0 Å². The molecule has 28 heavy (non-hydrogen) atoms. The number of amides is 2. The highest BCUT2D eigenvalue weighted by atomic mass is 35.5. The average molecular weight is 439 g/mol. The lowest BCUT2D eigenvalue weighted by atomic mass is 10.2. The second kappa shape index (κ2) is 7.15. The smallest absolute Gasteiger partial charge is 0.252 e. The van der Waals surface area contributed by atoms with Crippen LogP contribution in [0.15, 0.2) is 53.4 Å². The topological polar surface area (TPSA) is 74.8 Å². The van der Waals surface area contributed by atoms with Crippen molar-refractivity contribution in [1.29, 1.82) is 0 Å². The molecule has 6 nitrogen and oxygen atoms in total. The van der Waals surface area contributed by atoms with Gasteiger partial charge in [0.05, 0.1) is 17.1 Å². The van der Waals surface area contributed by atoms with E-state index < -0.39 is 27.9 Å². The zero-order valence-corrected chi connectivity index (χ0v) is 16.9. The van der Waals surface area contributed by atoms with Gasteiger partial charge in [0.25, 0.3) is 5.91 Å². The predicted octanol–water partition coefficient (Wildman–Crippen LogP) is 3.48. The standard InChI is InChI=1S/C19H16Cl2N2O4S/c20-12-6-9-15(21)17(10-12)28(26,27)23(14-7-8-14)16-11-18(24)22(19(16)25)13-4-2-1-3-5-13/h1-6,9-10,14,16H,7-8,11H2. The van der Waals surface area contributed by atoms with Gasteiger partial charge in [-0.1, -0.05) is 41.4 Å². The quantitative estimate of drug-likeness (QED) is 0.669. The van der Waals surface area contributed by atoms with Gasteiger partial charge in [-0.3, -0.25) is 9.59 Å². The van der Waals surface area contributed by atoms with Crippen LogP contribution in [-0.4, -0.2) is 36.6 Å². The number of carbonyl (C=O) groups excluding carboxylic acids is 2. The summed E-state index contributed by atoms with van der Waals surface area (Å²) in [5.74, 6) is -0.982. The van der Waals surface area contributed by atoms with Crippen molar-refractivity contribution in [2.45, 2.75) is 36.2 Å². The number of anilines is 1. The fourth-order valence-corrected chi connectivity index (χ4v) is 5.97. The van der Waals surface area contributed by atoms with E-state index in [2.05, 4.69) is 0 Å². The van der Waals surface area contributed by atoms with Crippen LogP contribution in [0.25, 0.3) is 0 Å². The van der Waals surface area contributed by atoms with Gasteiger partial charge in [0, 0.05) is 11.1 Å². The molecule has 1 unspecified atom stereocenters. The number of imide groups is 1. The van der Waals surface area contributed by atoms with Gasteiger partial charge in [0.1, 0.15) is 10.9 Å². The van der Waals surface area contributed by atoms with Crippen LogP contribution in [-0.2, 0) is 19.6 Å². The summed E-state index contributed by atoms with van der Waals surface area (Å²) >= 11 is 12.1. The molecule has 1 saturated heterocycles. The van der Waals surface area contributed by atoms with Gasteiger partial charge in [-0.25, -0.2) is 13.3 Å². The molecule has 9 heteroatoms. The molecule has 0 radical (unpaired) electrons. The molecule has 1 aliphatic carbocycles. The molecule has 0 N–H and O–H groups in total. The monoisotopic (exact) mass is 438 g/mol. The third kappa shape index (κ3) is 3.33. The number of sulfonamides is 1. The van der Waals surface area contributed by atoms with Crippen LogP contribution in [0, 0.1) is 0 Å². The summed E-state index contributed by atoms with van der Waals surface area (Å²) < 4.78 is 27.9. The van der Waals surface area contributed by atoms with E-state index in [1.165, 1.54) is 18.2 Å². The molecule has 146 valence electrons. The first kappa shape index (κ1) is 19.4. The second-order valence-electron chi connectivity index (χ2n) is 6.76. The fourth-order valence-electron chi connectivity index (χ4n) is 3.40. The molecule has 0 bridgehead atoms. The SMILES string of the molecule is O=C1CC(N(C2CC2)S(=O)(=O)c2cc(Cl)ccc2Cl)C(=O)N1c1ccccc1. The lowest BCUT2D eigenvalue weighted by Gasteiger charge is -2.27. The van der Waals surface area contributed by atoms with Gasteiger partial charge in [-0.05, 0) is 43.2 Å². The lowest BCUT2D eigenvalue weighted by molar-refractivity contribution is -0.122. The van der Waals surface area contributed by atoms with Crippen molar-refractivity contribution in [1.82, 2.24) is 4.31 Å². The Hall–Kier alpha value is -1.93. The van der Waals surface area contributed by atoms with Crippen LogP contribution in [0.1, 0.15) is 19.3 Å². The average Bonchev–Trinajstić information content (AvgIpc) is 3.44. The molecule has 2 aromatic carbocycles. The number of nitrogens with zero attached hydrogens (tertiary/aromatic N) is 2. The normalized spacial score (nSPS) is 20.2. The van der Waals surface area contributed by atoms with Crippen molar-refractivity contribution in [2.24, 2.45) is 0 Å². The summed E-state index contributed by atoms with van der Waals surface area (Å²) in [7, 11) is -4.12. The van der Waals surface area contributed by atoms with Crippen molar-refractivity contribution in [3.8, 4) is 0 Å². The van der Waals surface area contributed by atoms with Gasteiger partial charge in [0.15, 0.2) is 0 Å². The maximum absolute atomic E-state index is 13.4. The van der Waals surface area contributed by atoms with Crippen LogP contribution in [0.4, 0.5) is 5.69 Å². The molecule has 1 aliphatic heterocycles.